The Labute approximate surface area is 111 Å². The molecule has 0 fully saturated rings. The molecule has 1 aliphatic rings. The van der Waals surface area contributed by atoms with Gasteiger partial charge in [-0.05, 0) is 23.8 Å². The molecule has 0 bridgehead atoms. The van der Waals surface area contributed by atoms with Crippen molar-refractivity contribution < 1.29 is 13.9 Å². The van der Waals surface area contributed by atoms with Gasteiger partial charge in [0.05, 0.1) is 0 Å². The van der Waals surface area contributed by atoms with Crippen LogP contribution in [0.15, 0.2) is 23.1 Å². The summed E-state index contributed by atoms with van der Waals surface area (Å²) in [5, 5.41) is 3.38. The third-order valence-corrected chi connectivity index (χ3v) is 4.24. The Hall–Kier alpha value is -0.620. The number of thioether (sulfide) groups is 1. The number of hydrogen-bond donors (Lipinski definition) is 1. The maximum absolute atomic E-state index is 13.7. The topological polar surface area (TPSA) is 30.5 Å². The second-order valence-corrected chi connectivity index (χ2v) is 5.26. The largest absolute Gasteiger partial charge is 0.355 e. The molecule has 2 rings (SSSR count). The van der Waals surface area contributed by atoms with E-state index >= 15 is 0 Å². The molecule has 1 atom stereocenters. The smallest absolute Gasteiger partial charge is 0.169 e. The fourth-order valence-corrected chi connectivity index (χ4v) is 3.24. The molecule has 0 spiro atoms. The molecule has 1 aromatic rings. The summed E-state index contributed by atoms with van der Waals surface area (Å²) in [5.74, 6) is 0.801. The Morgan fingerprint density at radius 3 is 2.94 bits per heavy atom. The minimum atomic E-state index is -0.267. The number of ether oxygens (including phenoxy) is 2. The molecule has 3 nitrogen and oxygen atoms in total. The third kappa shape index (κ3) is 3.03. The Bertz CT molecular complexity index is 399. The number of halogens is 1. The fraction of sp³-hybridized carbons (Fsp3) is 0.538. The molecule has 1 unspecified atom stereocenters. The molecule has 1 heterocycles. The molecular formula is C13H18FNO2S. The van der Waals surface area contributed by atoms with Crippen LogP contribution < -0.4 is 5.32 Å². The zero-order valence-corrected chi connectivity index (χ0v) is 11.4. The van der Waals surface area contributed by atoms with Crippen LogP contribution >= 0.6 is 11.8 Å². The lowest BCUT2D eigenvalue weighted by Gasteiger charge is -2.27. The standard InChI is InChI=1S/C13H18FNO2S/c1-16-12(17-2)8-15-11-6-7-18-13-9(11)4-3-5-10(13)14/h3-5,11-12,15H,6-8H2,1-2H3. The number of hydrogen-bond acceptors (Lipinski definition) is 4. The van der Waals surface area contributed by atoms with Crippen LogP contribution in [-0.2, 0) is 9.47 Å². The summed E-state index contributed by atoms with van der Waals surface area (Å²) >= 11 is 1.59. The van der Waals surface area contributed by atoms with E-state index in [0.717, 1.165) is 22.6 Å². The Morgan fingerprint density at radius 2 is 2.22 bits per heavy atom. The number of benzene rings is 1. The van der Waals surface area contributed by atoms with Crippen LogP contribution in [0.25, 0.3) is 0 Å². The summed E-state index contributed by atoms with van der Waals surface area (Å²) in [6, 6.07) is 5.43. The van der Waals surface area contributed by atoms with Crippen molar-refractivity contribution in [3.63, 3.8) is 0 Å². The monoisotopic (exact) mass is 271 g/mol. The van der Waals surface area contributed by atoms with Gasteiger partial charge in [0, 0.05) is 31.7 Å². The van der Waals surface area contributed by atoms with Gasteiger partial charge in [-0.25, -0.2) is 4.39 Å². The van der Waals surface area contributed by atoms with Crippen LogP contribution in [0.1, 0.15) is 18.0 Å². The van der Waals surface area contributed by atoms with Gasteiger partial charge >= 0.3 is 0 Å². The summed E-state index contributed by atoms with van der Waals surface area (Å²) in [6.07, 6.45) is 0.720. The lowest BCUT2D eigenvalue weighted by molar-refractivity contribution is -0.1000. The van der Waals surface area contributed by atoms with Crippen molar-refractivity contribution >= 4 is 11.8 Å². The fourth-order valence-electron chi connectivity index (χ4n) is 2.10. The van der Waals surface area contributed by atoms with Crippen molar-refractivity contribution in [1.29, 1.82) is 0 Å². The van der Waals surface area contributed by atoms with E-state index in [0.29, 0.717) is 6.54 Å². The first-order chi connectivity index (χ1) is 8.76. The number of fused-ring (bicyclic) bond motifs is 1. The van der Waals surface area contributed by atoms with Gasteiger partial charge in [-0.15, -0.1) is 11.8 Å². The number of rotatable bonds is 5. The lowest BCUT2D eigenvalue weighted by atomic mass is 10.0. The van der Waals surface area contributed by atoms with Crippen LogP contribution in [0.3, 0.4) is 0 Å². The summed E-state index contributed by atoms with van der Waals surface area (Å²) < 4.78 is 24.0. The van der Waals surface area contributed by atoms with Crippen LogP contribution in [-0.4, -0.2) is 32.8 Å². The zero-order valence-electron chi connectivity index (χ0n) is 10.6. The highest BCUT2D eigenvalue weighted by Gasteiger charge is 2.23. The Kier molecular flexibility index (Phi) is 5.00. The summed E-state index contributed by atoms with van der Waals surface area (Å²) in [6.45, 7) is 0.596. The highest BCUT2D eigenvalue weighted by Crippen LogP contribution is 2.37. The second-order valence-electron chi connectivity index (χ2n) is 4.16. The molecule has 0 aliphatic carbocycles. The predicted molar refractivity (Wildman–Crippen MR) is 70.3 cm³/mol. The van der Waals surface area contributed by atoms with Crippen LogP contribution in [0.4, 0.5) is 4.39 Å². The van der Waals surface area contributed by atoms with E-state index in [4.69, 9.17) is 9.47 Å². The quantitative estimate of drug-likeness (QED) is 0.834. The molecule has 100 valence electrons. The second kappa shape index (κ2) is 6.52. The van der Waals surface area contributed by atoms with E-state index in [-0.39, 0.29) is 18.1 Å². The molecule has 0 aromatic heterocycles. The van der Waals surface area contributed by atoms with Gasteiger partial charge < -0.3 is 14.8 Å². The summed E-state index contributed by atoms with van der Waals surface area (Å²) in [7, 11) is 3.22. The van der Waals surface area contributed by atoms with Crippen LogP contribution in [0.2, 0.25) is 0 Å². The van der Waals surface area contributed by atoms with Crippen molar-refractivity contribution in [2.24, 2.45) is 0 Å². The highest BCUT2D eigenvalue weighted by atomic mass is 32.2. The van der Waals surface area contributed by atoms with E-state index in [2.05, 4.69) is 5.32 Å². The third-order valence-electron chi connectivity index (χ3n) is 3.08. The summed E-state index contributed by atoms with van der Waals surface area (Å²) in [4.78, 5) is 0.771. The minimum absolute atomic E-state index is 0.126. The Balaban J connectivity index is 2.06. The molecular weight excluding hydrogens is 253 g/mol. The van der Waals surface area contributed by atoms with Gasteiger partial charge in [-0.2, -0.15) is 0 Å². The highest BCUT2D eigenvalue weighted by molar-refractivity contribution is 7.99. The van der Waals surface area contributed by atoms with Gasteiger partial charge in [-0.3, -0.25) is 0 Å². The van der Waals surface area contributed by atoms with Crippen molar-refractivity contribution in [1.82, 2.24) is 5.32 Å². The number of methoxy groups -OCH3 is 2. The molecule has 1 N–H and O–H groups in total. The van der Waals surface area contributed by atoms with Crippen molar-refractivity contribution in [2.45, 2.75) is 23.6 Å². The van der Waals surface area contributed by atoms with E-state index in [1.165, 1.54) is 6.07 Å². The normalized spacial score (nSPS) is 19.0. The maximum atomic E-state index is 13.7. The van der Waals surface area contributed by atoms with Crippen molar-refractivity contribution in [3.05, 3.63) is 29.6 Å². The van der Waals surface area contributed by atoms with E-state index < -0.39 is 0 Å². The van der Waals surface area contributed by atoms with E-state index in [9.17, 15) is 4.39 Å². The first-order valence-corrected chi connectivity index (χ1v) is 6.95. The predicted octanol–water partition coefficient (Wildman–Crippen LogP) is 2.57. The van der Waals surface area contributed by atoms with Gasteiger partial charge in [0.2, 0.25) is 0 Å². The van der Waals surface area contributed by atoms with Gasteiger partial charge in [0.25, 0.3) is 0 Å². The number of nitrogens with one attached hydrogen (secondary N) is 1. The summed E-state index contributed by atoms with van der Waals surface area (Å²) in [5.41, 5.74) is 1.04. The van der Waals surface area contributed by atoms with E-state index in [1.807, 2.05) is 6.07 Å². The molecule has 0 radical (unpaired) electrons. The lowest BCUT2D eigenvalue weighted by Crippen LogP contribution is -2.34. The minimum Gasteiger partial charge on any atom is -0.355 e. The van der Waals surface area contributed by atoms with Gasteiger partial charge in [0.15, 0.2) is 6.29 Å². The molecule has 0 amide bonds. The Morgan fingerprint density at radius 1 is 1.44 bits per heavy atom. The maximum Gasteiger partial charge on any atom is 0.169 e. The molecule has 0 saturated carbocycles. The molecule has 1 aliphatic heterocycles. The van der Waals surface area contributed by atoms with E-state index in [1.54, 1.807) is 32.0 Å². The average molecular weight is 271 g/mol. The first kappa shape index (κ1) is 13.8. The van der Waals surface area contributed by atoms with Crippen molar-refractivity contribution in [3.8, 4) is 0 Å². The van der Waals surface area contributed by atoms with Crippen molar-refractivity contribution in [2.75, 3.05) is 26.5 Å². The van der Waals surface area contributed by atoms with Crippen LogP contribution in [0.5, 0.6) is 0 Å². The average Bonchev–Trinajstić information content (AvgIpc) is 2.41. The zero-order chi connectivity index (χ0) is 13.0. The SMILES string of the molecule is COC(CNC1CCSc2c(F)cccc21)OC. The van der Waals surface area contributed by atoms with Crippen LogP contribution in [0, 0.1) is 5.82 Å². The molecule has 5 heteroatoms. The first-order valence-electron chi connectivity index (χ1n) is 5.96. The molecule has 1 aromatic carbocycles. The van der Waals surface area contributed by atoms with Gasteiger partial charge in [0.1, 0.15) is 5.82 Å². The molecule has 18 heavy (non-hydrogen) atoms. The van der Waals surface area contributed by atoms with Gasteiger partial charge in [-0.1, -0.05) is 12.1 Å². The molecule has 0 saturated heterocycles.